The molecule has 1 aliphatic heterocycles. The van der Waals surface area contributed by atoms with Crippen LogP contribution in [0.4, 0.5) is 11.8 Å². The van der Waals surface area contributed by atoms with Crippen LogP contribution in [-0.4, -0.2) is 72.1 Å². The maximum Gasteiger partial charge on any atom is 0.228 e. The number of hydrogen-bond donors (Lipinski definition) is 5. The van der Waals surface area contributed by atoms with E-state index in [1.54, 1.807) is 6.92 Å². The summed E-state index contributed by atoms with van der Waals surface area (Å²) in [5, 5.41) is 34.4. The molecule has 0 amide bonds. The average molecular weight is 508 g/mol. The Balaban J connectivity index is 1.61. The Labute approximate surface area is 190 Å². The molecule has 1 saturated heterocycles. The molecule has 0 aliphatic carbocycles. The van der Waals surface area contributed by atoms with Gasteiger partial charge >= 0.3 is 0 Å². The second-order valence-electron chi connectivity index (χ2n) is 7.14. The lowest BCUT2D eigenvalue weighted by Gasteiger charge is -2.19. The first kappa shape index (κ1) is 22.4. The summed E-state index contributed by atoms with van der Waals surface area (Å²) in [4.78, 5) is 12.5. The summed E-state index contributed by atoms with van der Waals surface area (Å²) >= 11 is 3.42. The van der Waals surface area contributed by atoms with Crippen molar-refractivity contribution in [3.05, 3.63) is 35.1 Å². The van der Waals surface area contributed by atoms with Crippen molar-refractivity contribution in [1.29, 1.82) is 0 Å². The molecule has 1 aromatic carbocycles. The molecule has 3 heterocycles. The molecule has 170 valence electrons. The van der Waals surface area contributed by atoms with E-state index < -0.39 is 31.1 Å². The molecule has 1 aliphatic rings. The molecule has 4 unspecified atom stereocenters. The first-order chi connectivity index (χ1) is 15.4. The molecular formula is C19H22BrN7O5. The van der Waals surface area contributed by atoms with Crippen molar-refractivity contribution in [3.8, 4) is 5.75 Å². The summed E-state index contributed by atoms with van der Waals surface area (Å²) in [5.41, 5.74) is 9.88. The largest absolute Gasteiger partial charge is 0.486 e. The molecule has 13 heteroatoms. The van der Waals surface area contributed by atoms with E-state index in [0.717, 1.165) is 4.47 Å². The van der Waals surface area contributed by atoms with E-state index in [9.17, 15) is 15.3 Å². The van der Waals surface area contributed by atoms with Gasteiger partial charge in [0.25, 0.3) is 0 Å². The molecule has 4 rings (SSSR count). The van der Waals surface area contributed by atoms with Crippen molar-refractivity contribution in [2.75, 3.05) is 24.4 Å². The quantitative estimate of drug-likeness (QED) is 0.225. The van der Waals surface area contributed by atoms with Crippen molar-refractivity contribution >= 4 is 44.6 Å². The predicted octanol–water partition coefficient (Wildman–Crippen LogP) is 0.649. The number of rotatable bonds is 7. The zero-order chi connectivity index (χ0) is 22.8. The molecule has 3 aromatic rings. The summed E-state index contributed by atoms with van der Waals surface area (Å²) in [6, 6.07) is 7.44. The number of nitrogens with zero attached hydrogens (tertiary/aromatic N) is 5. The van der Waals surface area contributed by atoms with Crippen molar-refractivity contribution in [1.82, 2.24) is 19.5 Å². The van der Waals surface area contributed by atoms with Crippen molar-refractivity contribution in [3.63, 3.8) is 0 Å². The number of para-hydroxylation sites is 1. The van der Waals surface area contributed by atoms with Crippen LogP contribution < -0.4 is 15.9 Å². The lowest BCUT2D eigenvalue weighted by molar-refractivity contribution is -0.0501. The van der Waals surface area contributed by atoms with Crippen LogP contribution in [0.5, 0.6) is 5.75 Å². The Morgan fingerprint density at radius 1 is 1.31 bits per heavy atom. The highest BCUT2D eigenvalue weighted by atomic mass is 79.9. The highest BCUT2D eigenvalue weighted by Gasteiger charge is 2.45. The molecule has 6 N–H and O–H groups in total. The van der Waals surface area contributed by atoms with E-state index in [1.165, 1.54) is 10.9 Å². The topological polar surface area (TPSA) is 173 Å². The van der Waals surface area contributed by atoms with Gasteiger partial charge in [-0.3, -0.25) is 4.57 Å². The van der Waals surface area contributed by atoms with Crippen LogP contribution in [0.3, 0.4) is 0 Å². The fourth-order valence-electron chi connectivity index (χ4n) is 3.26. The molecular weight excluding hydrogens is 486 g/mol. The van der Waals surface area contributed by atoms with E-state index in [1.807, 2.05) is 24.3 Å². The van der Waals surface area contributed by atoms with E-state index in [0.29, 0.717) is 11.5 Å². The number of benzene rings is 1. The molecule has 12 nitrogen and oxygen atoms in total. The van der Waals surface area contributed by atoms with Crippen molar-refractivity contribution in [2.24, 2.45) is 5.10 Å². The molecule has 4 atom stereocenters. The second kappa shape index (κ2) is 9.34. The molecule has 32 heavy (non-hydrogen) atoms. The Kier molecular flexibility index (Phi) is 6.53. The molecule has 0 radical (unpaired) electrons. The summed E-state index contributed by atoms with van der Waals surface area (Å²) in [6.07, 6.45) is -3.44. The molecule has 0 spiro atoms. The lowest BCUT2D eigenvalue weighted by Crippen LogP contribution is -2.33. The standard InChI is InChI=1S/C19H22BrN7O5/c1-9(7-31-11-5-3-2-4-10(11)20)25-26-19-24-13-16(21)22-8-23-17(13)27(19)18-15(30)14(29)12(6-28)32-18/h2-5,8,12,14-15,18,28-30H,6-7H2,1H3,(H,24,26)(H2,21,22,23)/b25-9-. The van der Waals surface area contributed by atoms with Gasteiger partial charge in [-0.15, -0.1) is 0 Å². The van der Waals surface area contributed by atoms with Crippen LogP contribution in [0.15, 0.2) is 40.2 Å². The van der Waals surface area contributed by atoms with Gasteiger partial charge in [0.15, 0.2) is 23.2 Å². The Hall–Kier alpha value is -2.84. The van der Waals surface area contributed by atoms with Crippen LogP contribution in [-0.2, 0) is 4.74 Å². The number of nitrogens with two attached hydrogens (primary N) is 1. The monoisotopic (exact) mass is 507 g/mol. The van der Waals surface area contributed by atoms with Gasteiger partial charge in [-0.25, -0.2) is 20.4 Å². The van der Waals surface area contributed by atoms with E-state index in [2.05, 4.69) is 41.4 Å². The highest BCUT2D eigenvalue weighted by Crippen LogP contribution is 2.35. The number of halogens is 1. The molecule has 2 aromatic heterocycles. The number of nitrogens with one attached hydrogen (secondary N) is 1. The molecule has 0 bridgehead atoms. The zero-order valence-electron chi connectivity index (χ0n) is 17.0. The van der Waals surface area contributed by atoms with Gasteiger partial charge in [0.2, 0.25) is 5.95 Å². The van der Waals surface area contributed by atoms with E-state index in [4.69, 9.17) is 15.2 Å². The zero-order valence-corrected chi connectivity index (χ0v) is 18.5. The Morgan fingerprint density at radius 2 is 2.09 bits per heavy atom. The number of imidazole rings is 1. The first-order valence-corrected chi connectivity index (χ1v) is 10.5. The maximum absolute atomic E-state index is 10.5. The van der Waals surface area contributed by atoms with Gasteiger partial charge in [-0.1, -0.05) is 12.1 Å². The van der Waals surface area contributed by atoms with Crippen LogP contribution >= 0.6 is 15.9 Å². The Morgan fingerprint density at radius 3 is 2.81 bits per heavy atom. The van der Waals surface area contributed by atoms with Gasteiger partial charge in [0.05, 0.1) is 16.8 Å². The van der Waals surface area contributed by atoms with E-state index in [-0.39, 0.29) is 29.5 Å². The molecule has 1 fully saturated rings. The highest BCUT2D eigenvalue weighted by molar-refractivity contribution is 9.10. The van der Waals surface area contributed by atoms with Crippen LogP contribution in [0.2, 0.25) is 0 Å². The van der Waals surface area contributed by atoms with Gasteiger partial charge < -0.3 is 30.5 Å². The summed E-state index contributed by atoms with van der Waals surface area (Å²) in [6.45, 7) is 1.49. The number of hydrazone groups is 1. The summed E-state index contributed by atoms with van der Waals surface area (Å²) in [7, 11) is 0. The number of hydrogen-bond acceptors (Lipinski definition) is 11. The number of anilines is 2. The second-order valence-corrected chi connectivity index (χ2v) is 8.00. The number of aliphatic hydroxyl groups excluding tert-OH is 3. The van der Waals surface area contributed by atoms with Crippen molar-refractivity contribution < 1.29 is 24.8 Å². The minimum Gasteiger partial charge on any atom is -0.486 e. The number of aromatic nitrogens is 4. The number of nitrogen functional groups attached to an aromatic ring is 1. The summed E-state index contributed by atoms with van der Waals surface area (Å²) < 4.78 is 13.6. The van der Waals surface area contributed by atoms with Gasteiger partial charge in [0.1, 0.15) is 37.0 Å². The number of fused-ring (bicyclic) bond motifs is 1. The van der Waals surface area contributed by atoms with Crippen LogP contribution in [0.1, 0.15) is 13.2 Å². The van der Waals surface area contributed by atoms with E-state index >= 15 is 0 Å². The van der Waals surface area contributed by atoms with Gasteiger partial charge in [-0.2, -0.15) is 5.10 Å². The van der Waals surface area contributed by atoms with Crippen LogP contribution in [0, 0.1) is 0 Å². The molecule has 0 saturated carbocycles. The first-order valence-electron chi connectivity index (χ1n) is 9.68. The normalized spacial score (nSPS) is 23.6. The SMILES string of the molecule is C/C(COc1ccccc1Br)=N/Nc1nc2c(N)ncnc2n1C1OC(CO)C(O)C1O. The third-order valence-electron chi connectivity index (χ3n) is 4.90. The fourth-order valence-corrected chi connectivity index (χ4v) is 3.66. The average Bonchev–Trinajstić information content (AvgIpc) is 3.29. The van der Waals surface area contributed by atoms with Crippen molar-refractivity contribution in [2.45, 2.75) is 31.5 Å². The minimum atomic E-state index is -1.34. The third kappa shape index (κ3) is 4.25. The number of aliphatic hydroxyl groups is 3. The van der Waals surface area contributed by atoms with Gasteiger partial charge in [-0.05, 0) is 35.0 Å². The van der Waals surface area contributed by atoms with Gasteiger partial charge in [0, 0.05) is 0 Å². The van der Waals surface area contributed by atoms with Crippen LogP contribution in [0.25, 0.3) is 11.2 Å². The maximum atomic E-state index is 10.5. The number of ether oxygens (including phenoxy) is 2. The summed E-state index contributed by atoms with van der Waals surface area (Å²) in [5.74, 6) is 0.952. The predicted molar refractivity (Wildman–Crippen MR) is 119 cm³/mol. The lowest BCUT2D eigenvalue weighted by atomic mass is 10.1. The fraction of sp³-hybridized carbons (Fsp3) is 0.368. The third-order valence-corrected chi connectivity index (χ3v) is 5.55. The minimum absolute atomic E-state index is 0.126. The smallest absolute Gasteiger partial charge is 0.228 e. The Bertz CT molecular complexity index is 1140.